The van der Waals surface area contributed by atoms with Crippen LogP contribution in [0.1, 0.15) is 28.9 Å². The molecule has 1 aliphatic rings. The first-order chi connectivity index (χ1) is 15.0. The van der Waals surface area contributed by atoms with E-state index < -0.39 is 28.5 Å². The fourth-order valence-electron chi connectivity index (χ4n) is 3.79. The quantitative estimate of drug-likeness (QED) is 0.381. The van der Waals surface area contributed by atoms with Crippen LogP contribution in [0.3, 0.4) is 0 Å². The molecule has 1 aliphatic carbocycles. The van der Waals surface area contributed by atoms with Gasteiger partial charge in [-0.15, -0.1) is 11.3 Å². The average molecular weight is 455 g/mol. The number of aromatic nitrogens is 1. The van der Waals surface area contributed by atoms with Crippen molar-refractivity contribution in [2.45, 2.75) is 18.3 Å². The Kier molecular flexibility index (Phi) is 4.99. The molecule has 0 radical (unpaired) electrons. The summed E-state index contributed by atoms with van der Waals surface area (Å²) in [5, 5.41) is 4.36. The van der Waals surface area contributed by atoms with Gasteiger partial charge >= 0.3 is 0 Å². The molecule has 1 saturated carbocycles. The molecule has 2 aromatic heterocycles. The third-order valence-corrected chi connectivity index (χ3v) is 7.14. The third kappa shape index (κ3) is 3.70. The summed E-state index contributed by atoms with van der Waals surface area (Å²) in [6.07, 6.45) is 3.38. The number of nitrogens with zero attached hydrogens (tertiary/aromatic N) is 1. The highest BCUT2D eigenvalue weighted by Crippen LogP contribution is 2.49. The number of hydrogen-bond acceptors (Lipinski definition) is 3. The highest BCUT2D eigenvalue weighted by Gasteiger charge is 2.47. The maximum absolute atomic E-state index is 13.9. The largest absolute Gasteiger partial charge is 0.351 e. The number of halogens is 3. The van der Waals surface area contributed by atoms with Gasteiger partial charge in [-0.25, -0.2) is 8.78 Å². The van der Waals surface area contributed by atoms with E-state index in [2.05, 4.69) is 28.5 Å². The fourth-order valence-corrected chi connectivity index (χ4v) is 5.20. The molecule has 4 aromatic rings. The number of nitrogens with one attached hydrogen (secondary N) is 1. The van der Waals surface area contributed by atoms with Gasteiger partial charge < -0.3 is 5.32 Å². The van der Waals surface area contributed by atoms with E-state index in [1.807, 2.05) is 18.2 Å². The molecule has 7 heteroatoms. The Morgan fingerprint density at radius 3 is 2.52 bits per heavy atom. The van der Waals surface area contributed by atoms with Gasteiger partial charge in [-0.3, -0.25) is 9.78 Å². The first-order valence-corrected chi connectivity index (χ1v) is 11.0. The van der Waals surface area contributed by atoms with Gasteiger partial charge in [0.25, 0.3) is 5.91 Å². The molecule has 0 spiro atoms. The summed E-state index contributed by atoms with van der Waals surface area (Å²) >= 11 is 8.27. The zero-order valence-corrected chi connectivity index (χ0v) is 17.9. The van der Waals surface area contributed by atoms with Crippen molar-refractivity contribution in [2.24, 2.45) is 0 Å². The number of amides is 1. The molecule has 0 saturated heterocycles. The van der Waals surface area contributed by atoms with E-state index in [0.29, 0.717) is 10.7 Å². The third-order valence-electron chi connectivity index (χ3n) is 5.68. The summed E-state index contributed by atoms with van der Waals surface area (Å²) in [5.74, 6) is -2.54. The van der Waals surface area contributed by atoms with Crippen LogP contribution in [0, 0.1) is 11.6 Å². The van der Waals surface area contributed by atoms with E-state index in [9.17, 15) is 13.6 Å². The van der Waals surface area contributed by atoms with Gasteiger partial charge in [0.1, 0.15) is 17.2 Å². The highest BCUT2D eigenvalue weighted by molar-refractivity contribution is 7.22. The van der Waals surface area contributed by atoms with E-state index in [4.69, 9.17) is 11.6 Å². The second-order valence-corrected chi connectivity index (χ2v) is 9.25. The molecule has 2 heterocycles. The molecule has 1 amide bonds. The lowest BCUT2D eigenvalue weighted by molar-refractivity contribution is 0.0941. The molecule has 5 rings (SSSR count). The highest BCUT2D eigenvalue weighted by atomic mass is 35.5. The number of hydrogen-bond donors (Lipinski definition) is 1. The van der Waals surface area contributed by atoms with Crippen molar-refractivity contribution in [1.82, 2.24) is 10.3 Å². The minimum atomic E-state index is -0.883. The van der Waals surface area contributed by atoms with Crippen molar-refractivity contribution in [3.63, 3.8) is 0 Å². The minimum Gasteiger partial charge on any atom is -0.351 e. The molecule has 156 valence electrons. The number of rotatable bonds is 5. The van der Waals surface area contributed by atoms with Crippen LogP contribution < -0.4 is 5.32 Å². The summed E-state index contributed by atoms with van der Waals surface area (Å²) in [4.78, 5) is 18.1. The summed E-state index contributed by atoms with van der Waals surface area (Å²) in [7, 11) is 0. The van der Waals surface area contributed by atoms with Crippen LogP contribution in [0.2, 0.25) is 5.02 Å². The normalized spacial score (nSPS) is 14.5. The SMILES string of the molecule is O=C(NCC1(c2ncc(-c3cc4ccccc4s3)cc2Cl)CC1)c1c(F)cccc1F. The van der Waals surface area contributed by atoms with Gasteiger partial charge in [0.05, 0.1) is 10.7 Å². The Morgan fingerprint density at radius 1 is 1.10 bits per heavy atom. The molecule has 0 atom stereocenters. The zero-order chi connectivity index (χ0) is 21.6. The lowest BCUT2D eigenvalue weighted by Gasteiger charge is -2.18. The van der Waals surface area contributed by atoms with E-state index in [0.717, 1.165) is 35.4 Å². The molecule has 1 N–H and O–H groups in total. The Morgan fingerprint density at radius 2 is 1.84 bits per heavy atom. The van der Waals surface area contributed by atoms with Crippen LogP contribution in [0.5, 0.6) is 0 Å². The zero-order valence-electron chi connectivity index (χ0n) is 16.3. The predicted molar refractivity (Wildman–Crippen MR) is 120 cm³/mol. The first-order valence-electron chi connectivity index (χ1n) is 9.84. The number of pyridine rings is 1. The van der Waals surface area contributed by atoms with Crippen LogP contribution in [-0.4, -0.2) is 17.4 Å². The van der Waals surface area contributed by atoms with Crippen LogP contribution in [0.25, 0.3) is 20.5 Å². The topological polar surface area (TPSA) is 42.0 Å². The van der Waals surface area contributed by atoms with Crippen molar-refractivity contribution >= 4 is 38.9 Å². The number of carbonyl (C=O) groups excluding carboxylic acids is 1. The van der Waals surface area contributed by atoms with Crippen LogP contribution >= 0.6 is 22.9 Å². The van der Waals surface area contributed by atoms with Gasteiger partial charge in [-0.2, -0.15) is 0 Å². The Hall–Kier alpha value is -2.83. The van der Waals surface area contributed by atoms with Gasteiger partial charge in [0.2, 0.25) is 0 Å². The molecule has 31 heavy (non-hydrogen) atoms. The van der Waals surface area contributed by atoms with Crippen molar-refractivity contribution < 1.29 is 13.6 Å². The second kappa shape index (κ2) is 7.70. The average Bonchev–Trinajstić information content (AvgIpc) is 3.41. The first kappa shape index (κ1) is 20.1. The van der Waals surface area contributed by atoms with Gasteiger partial charge in [0, 0.05) is 33.3 Å². The second-order valence-electron chi connectivity index (χ2n) is 7.76. The molecule has 2 aromatic carbocycles. The number of benzene rings is 2. The van der Waals surface area contributed by atoms with E-state index >= 15 is 0 Å². The van der Waals surface area contributed by atoms with Gasteiger partial charge in [-0.05, 0) is 48.6 Å². The smallest absolute Gasteiger partial charge is 0.257 e. The van der Waals surface area contributed by atoms with Crippen molar-refractivity contribution in [3.8, 4) is 10.4 Å². The lowest BCUT2D eigenvalue weighted by Crippen LogP contribution is -2.34. The number of thiophene rings is 1. The maximum Gasteiger partial charge on any atom is 0.257 e. The van der Waals surface area contributed by atoms with Crippen LogP contribution in [0.15, 0.2) is 60.8 Å². The van der Waals surface area contributed by atoms with Crippen molar-refractivity contribution in [3.05, 3.63) is 88.7 Å². The number of carbonyl (C=O) groups is 1. The number of fused-ring (bicyclic) bond motifs is 1. The summed E-state index contributed by atoms with van der Waals surface area (Å²) < 4.78 is 28.9. The monoisotopic (exact) mass is 454 g/mol. The molecular weight excluding hydrogens is 438 g/mol. The standard InChI is InChI=1S/C24H17ClF2N2OS/c25-16-10-15(20-11-14-4-1-2-7-19(14)31-20)12-28-22(16)24(8-9-24)13-29-23(30)21-17(26)5-3-6-18(21)27/h1-7,10-12H,8-9,13H2,(H,29,30). The van der Waals surface area contributed by atoms with E-state index in [1.165, 1.54) is 16.2 Å². The van der Waals surface area contributed by atoms with Gasteiger partial charge in [-0.1, -0.05) is 35.9 Å². The van der Waals surface area contributed by atoms with E-state index in [1.54, 1.807) is 17.5 Å². The van der Waals surface area contributed by atoms with Gasteiger partial charge in [0.15, 0.2) is 0 Å². The molecule has 3 nitrogen and oxygen atoms in total. The maximum atomic E-state index is 13.9. The fraction of sp³-hybridized carbons (Fsp3) is 0.167. The summed E-state index contributed by atoms with van der Waals surface area (Å²) in [5.41, 5.74) is 0.654. The van der Waals surface area contributed by atoms with E-state index in [-0.39, 0.29) is 6.54 Å². The molecule has 1 fully saturated rings. The summed E-state index contributed by atoms with van der Waals surface area (Å²) in [6.45, 7) is 0.217. The van der Waals surface area contributed by atoms with Crippen LogP contribution in [-0.2, 0) is 5.41 Å². The van der Waals surface area contributed by atoms with Crippen molar-refractivity contribution in [2.75, 3.05) is 6.54 Å². The van der Waals surface area contributed by atoms with Crippen molar-refractivity contribution in [1.29, 1.82) is 0 Å². The van der Waals surface area contributed by atoms with Crippen LogP contribution in [0.4, 0.5) is 8.78 Å². The Labute approximate surface area is 186 Å². The predicted octanol–water partition coefficient (Wildman–Crippen LogP) is 6.36. The Balaban J connectivity index is 1.37. The lowest BCUT2D eigenvalue weighted by atomic mass is 10.0. The Bertz CT molecular complexity index is 1260. The molecule has 0 unspecified atom stereocenters. The minimum absolute atomic E-state index is 0.217. The molecule has 0 bridgehead atoms. The summed E-state index contributed by atoms with van der Waals surface area (Å²) in [6, 6.07) is 15.5. The molecular formula is C24H17ClF2N2OS. The molecule has 0 aliphatic heterocycles.